The van der Waals surface area contributed by atoms with E-state index >= 15 is 0 Å². The standard InChI is InChI=1S/C26H28F4N6O3/c1-25(2,3)21(34-24(39)26(28,29)30)22(37)33-19-13-35(8-7-18(19)15-5-4-6-16(27)9-15)23(38)20-12-31-10-17-11-32-14-36(17)20/h4-6,9-12,14,18-19,21H,7-8,13H2,1-3H3,(H,33,37)(H,34,39)/t18-,19+,21+/m0/s1. The fourth-order valence-electron chi connectivity index (χ4n) is 4.74. The van der Waals surface area contributed by atoms with E-state index < -0.39 is 47.2 Å². The van der Waals surface area contributed by atoms with E-state index in [1.165, 1.54) is 56.4 Å². The number of rotatable bonds is 5. The van der Waals surface area contributed by atoms with E-state index in [1.54, 1.807) is 28.2 Å². The van der Waals surface area contributed by atoms with Crippen LogP contribution in [0.15, 0.2) is 49.2 Å². The summed E-state index contributed by atoms with van der Waals surface area (Å²) in [7, 11) is 0. The Kier molecular flexibility index (Phi) is 7.62. The molecule has 3 amide bonds. The van der Waals surface area contributed by atoms with Crippen LogP contribution in [0.1, 0.15) is 49.2 Å². The lowest BCUT2D eigenvalue weighted by molar-refractivity contribution is -0.175. The lowest BCUT2D eigenvalue weighted by Gasteiger charge is -2.40. The van der Waals surface area contributed by atoms with E-state index in [2.05, 4.69) is 15.3 Å². The number of hydrogen-bond acceptors (Lipinski definition) is 5. The van der Waals surface area contributed by atoms with Gasteiger partial charge in [-0.1, -0.05) is 32.9 Å². The molecule has 1 fully saturated rings. The van der Waals surface area contributed by atoms with Crippen LogP contribution in [0.3, 0.4) is 0 Å². The van der Waals surface area contributed by atoms with Gasteiger partial charge in [0.1, 0.15) is 17.6 Å². The van der Waals surface area contributed by atoms with Gasteiger partial charge >= 0.3 is 12.1 Å². The summed E-state index contributed by atoms with van der Waals surface area (Å²) in [6.07, 6.45) is 1.12. The predicted octanol–water partition coefficient (Wildman–Crippen LogP) is 3.08. The summed E-state index contributed by atoms with van der Waals surface area (Å²) in [5.74, 6) is -4.41. The monoisotopic (exact) mass is 548 g/mol. The molecule has 3 heterocycles. The number of amides is 3. The predicted molar refractivity (Wildman–Crippen MR) is 132 cm³/mol. The number of nitrogens with one attached hydrogen (secondary N) is 2. The highest BCUT2D eigenvalue weighted by Gasteiger charge is 2.44. The molecule has 1 aliphatic rings. The molecule has 0 unspecified atom stereocenters. The molecule has 1 saturated heterocycles. The zero-order chi connectivity index (χ0) is 28.5. The van der Waals surface area contributed by atoms with Crippen molar-refractivity contribution in [1.29, 1.82) is 0 Å². The summed E-state index contributed by atoms with van der Waals surface area (Å²) in [5, 5.41) is 4.54. The molecule has 9 nitrogen and oxygen atoms in total. The first kappa shape index (κ1) is 28.0. The molecule has 4 rings (SSSR count). The third kappa shape index (κ3) is 6.18. The molecule has 3 aromatic rings. The van der Waals surface area contributed by atoms with E-state index in [0.29, 0.717) is 17.5 Å². The van der Waals surface area contributed by atoms with E-state index in [1.807, 2.05) is 0 Å². The van der Waals surface area contributed by atoms with Gasteiger partial charge in [0.05, 0.1) is 36.5 Å². The number of nitrogens with zero attached hydrogens (tertiary/aromatic N) is 4. The number of hydrogen-bond donors (Lipinski definition) is 2. The second-order valence-electron chi connectivity index (χ2n) is 10.6. The van der Waals surface area contributed by atoms with Gasteiger partial charge in [0.15, 0.2) is 0 Å². The van der Waals surface area contributed by atoms with Gasteiger partial charge < -0.3 is 15.5 Å². The molecule has 0 spiro atoms. The van der Waals surface area contributed by atoms with Crippen LogP contribution in [-0.2, 0) is 9.59 Å². The highest BCUT2D eigenvalue weighted by atomic mass is 19.4. The Morgan fingerprint density at radius 1 is 1.08 bits per heavy atom. The number of fused-ring (bicyclic) bond motifs is 1. The topological polar surface area (TPSA) is 109 Å². The van der Waals surface area contributed by atoms with Crippen molar-refractivity contribution in [1.82, 2.24) is 29.9 Å². The molecule has 2 aromatic heterocycles. The molecule has 13 heteroatoms. The Bertz CT molecular complexity index is 1380. The summed E-state index contributed by atoms with van der Waals surface area (Å²) in [6.45, 7) is 4.82. The van der Waals surface area contributed by atoms with Gasteiger partial charge in [-0.3, -0.25) is 23.8 Å². The highest BCUT2D eigenvalue weighted by Crippen LogP contribution is 2.31. The molecule has 1 aliphatic heterocycles. The Balaban J connectivity index is 1.63. The fourth-order valence-corrected chi connectivity index (χ4v) is 4.74. The van der Waals surface area contributed by atoms with Crippen molar-refractivity contribution in [3.05, 3.63) is 66.3 Å². The molecular formula is C26H28F4N6O3. The molecule has 0 aliphatic carbocycles. The van der Waals surface area contributed by atoms with Crippen molar-refractivity contribution in [2.45, 2.75) is 51.4 Å². The quantitative estimate of drug-likeness (QED) is 0.477. The normalized spacial score (nSPS) is 19.0. The zero-order valence-electron chi connectivity index (χ0n) is 21.5. The van der Waals surface area contributed by atoms with Crippen LogP contribution < -0.4 is 10.6 Å². The third-order valence-corrected chi connectivity index (χ3v) is 6.72. The van der Waals surface area contributed by atoms with Crippen LogP contribution in [-0.4, -0.2) is 68.3 Å². The van der Waals surface area contributed by atoms with Crippen molar-refractivity contribution in [2.75, 3.05) is 13.1 Å². The maximum Gasteiger partial charge on any atom is 0.471 e. The van der Waals surface area contributed by atoms with Gasteiger partial charge in [0.2, 0.25) is 5.91 Å². The van der Waals surface area contributed by atoms with Crippen LogP contribution in [0.5, 0.6) is 0 Å². The van der Waals surface area contributed by atoms with Crippen molar-refractivity contribution in [3.8, 4) is 0 Å². The van der Waals surface area contributed by atoms with Gasteiger partial charge in [0.25, 0.3) is 5.91 Å². The number of likely N-dealkylation sites (tertiary alicyclic amines) is 1. The smallest absolute Gasteiger partial charge is 0.349 e. The second-order valence-corrected chi connectivity index (χ2v) is 10.6. The lowest BCUT2D eigenvalue weighted by Crippen LogP contribution is -2.60. The minimum atomic E-state index is -5.18. The minimum absolute atomic E-state index is 0.0130. The van der Waals surface area contributed by atoms with E-state index in [-0.39, 0.29) is 24.7 Å². The van der Waals surface area contributed by atoms with Gasteiger partial charge in [-0.05, 0) is 29.5 Å². The number of carbonyl (C=O) groups is 3. The molecule has 0 radical (unpaired) electrons. The Morgan fingerprint density at radius 2 is 1.79 bits per heavy atom. The van der Waals surface area contributed by atoms with Crippen LogP contribution in [0.4, 0.5) is 17.6 Å². The summed E-state index contributed by atoms with van der Waals surface area (Å²) >= 11 is 0. The average Bonchev–Trinajstić information content (AvgIpc) is 3.34. The van der Waals surface area contributed by atoms with Gasteiger partial charge in [-0.2, -0.15) is 13.2 Å². The molecule has 3 atom stereocenters. The Morgan fingerprint density at radius 3 is 2.46 bits per heavy atom. The van der Waals surface area contributed by atoms with Crippen molar-refractivity contribution >= 4 is 23.2 Å². The summed E-state index contributed by atoms with van der Waals surface area (Å²) in [5.41, 5.74) is 0.335. The first-order valence-corrected chi connectivity index (χ1v) is 12.2. The van der Waals surface area contributed by atoms with Crippen LogP contribution in [0.25, 0.3) is 5.52 Å². The number of imidazole rings is 1. The van der Waals surface area contributed by atoms with Gasteiger partial charge in [0, 0.05) is 19.0 Å². The highest BCUT2D eigenvalue weighted by molar-refractivity contribution is 5.93. The first-order chi connectivity index (χ1) is 18.3. The first-order valence-electron chi connectivity index (χ1n) is 12.2. The molecule has 2 N–H and O–H groups in total. The molecule has 0 saturated carbocycles. The van der Waals surface area contributed by atoms with Gasteiger partial charge in [-0.25, -0.2) is 9.37 Å². The minimum Gasteiger partial charge on any atom is -0.349 e. The summed E-state index contributed by atoms with van der Waals surface area (Å²) in [6, 6.07) is 3.48. The number of piperidine rings is 1. The zero-order valence-corrected chi connectivity index (χ0v) is 21.5. The molecular weight excluding hydrogens is 520 g/mol. The Hall–Kier alpha value is -4.03. The maximum absolute atomic E-state index is 14.1. The fraction of sp³-hybridized carbons (Fsp3) is 0.423. The van der Waals surface area contributed by atoms with Crippen molar-refractivity contribution in [3.63, 3.8) is 0 Å². The second kappa shape index (κ2) is 10.6. The number of alkyl halides is 3. The number of aromatic nitrogens is 3. The number of benzene rings is 1. The van der Waals surface area contributed by atoms with Crippen molar-refractivity contribution < 1.29 is 31.9 Å². The van der Waals surface area contributed by atoms with E-state index in [9.17, 15) is 31.9 Å². The molecule has 1 aromatic carbocycles. The Labute approximate surface area is 221 Å². The third-order valence-electron chi connectivity index (χ3n) is 6.72. The lowest BCUT2D eigenvalue weighted by atomic mass is 9.83. The van der Waals surface area contributed by atoms with Crippen molar-refractivity contribution in [2.24, 2.45) is 5.41 Å². The summed E-state index contributed by atoms with van der Waals surface area (Å²) < 4.78 is 54.6. The van der Waals surface area contributed by atoms with Gasteiger partial charge in [-0.15, -0.1) is 0 Å². The average molecular weight is 549 g/mol. The SMILES string of the molecule is CC(C)(C)[C@H](NC(=O)C(F)(F)F)C(=O)N[C@@H]1CN(C(=O)c2cncc3cncn23)CC[C@H]1c1cccc(F)c1. The number of halogens is 4. The van der Waals surface area contributed by atoms with E-state index in [4.69, 9.17) is 0 Å². The number of carbonyl (C=O) groups excluding carboxylic acids is 3. The largest absolute Gasteiger partial charge is 0.471 e. The van der Waals surface area contributed by atoms with Crippen LogP contribution in [0.2, 0.25) is 0 Å². The van der Waals surface area contributed by atoms with Crippen LogP contribution in [0, 0.1) is 11.2 Å². The molecule has 208 valence electrons. The summed E-state index contributed by atoms with van der Waals surface area (Å²) in [4.78, 5) is 48.1. The molecule has 0 bridgehead atoms. The van der Waals surface area contributed by atoms with Crippen LogP contribution >= 0.6 is 0 Å². The van der Waals surface area contributed by atoms with E-state index in [0.717, 1.165) is 0 Å². The molecule has 39 heavy (non-hydrogen) atoms. The maximum atomic E-state index is 14.1.